The second kappa shape index (κ2) is 6.25. The molecule has 8 heteroatoms. The lowest BCUT2D eigenvalue weighted by atomic mass is 9.99. The third kappa shape index (κ3) is 3.78. The van der Waals surface area contributed by atoms with E-state index >= 15 is 0 Å². The van der Waals surface area contributed by atoms with E-state index in [4.69, 9.17) is 5.11 Å². The van der Waals surface area contributed by atoms with Gasteiger partial charge in [-0.3, -0.25) is 0 Å². The van der Waals surface area contributed by atoms with Crippen molar-refractivity contribution in [2.75, 3.05) is 0 Å². The van der Waals surface area contributed by atoms with Gasteiger partial charge in [0, 0.05) is 16.7 Å². The average Bonchev–Trinajstić information content (AvgIpc) is 2.46. The minimum atomic E-state index is -4.97. The number of aliphatic hydroxyl groups is 1. The smallest absolute Gasteiger partial charge is 0.479 e. The first-order valence-corrected chi connectivity index (χ1v) is 6.25. The average molecular weight is 330 g/mol. The number of para-hydroxylation sites is 1. The fraction of sp³-hybridized carbons (Fsp3) is 0.133. The first-order chi connectivity index (χ1) is 10.7. The van der Waals surface area contributed by atoms with Gasteiger partial charge in [0.05, 0.1) is 0 Å². The highest BCUT2D eigenvalue weighted by Gasteiger charge is 2.32. The molecule has 0 heterocycles. The van der Waals surface area contributed by atoms with Gasteiger partial charge in [-0.25, -0.2) is 9.18 Å². The van der Waals surface area contributed by atoms with Gasteiger partial charge < -0.3 is 14.9 Å². The summed E-state index contributed by atoms with van der Waals surface area (Å²) < 4.78 is 55.5. The summed E-state index contributed by atoms with van der Waals surface area (Å²) in [7, 11) is 0. The minimum absolute atomic E-state index is 0.221. The van der Waals surface area contributed by atoms with Crippen molar-refractivity contribution in [3.8, 4) is 16.9 Å². The molecule has 2 rings (SSSR count). The van der Waals surface area contributed by atoms with Crippen LogP contribution >= 0.6 is 0 Å². The second-order valence-corrected chi connectivity index (χ2v) is 4.49. The van der Waals surface area contributed by atoms with E-state index in [1.807, 2.05) is 0 Å². The zero-order valence-electron chi connectivity index (χ0n) is 11.3. The fourth-order valence-electron chi connectivity index (χ4n) is 2.00. The molecule has 0 spiro atoms. The molecule has 0 aliphatic rings. The number of alkyl halides is 3. The molecule has 23 heavy (non-hydrogen) atoms. The van der Waals surface area contributed by atoms with E-state index in [-0.39, 0.29) is 11.1 Å². The predicted octanol–water partition coefficient (Wildman–Crippen LogP) is 3.51. The molecule has 0 radical (unpaired) electrons. The van der Waals surface area contributed by atoms with Crippen molar-refractivity contribution >= 4 is 5.97 Å². The maximum atomic E-state index is 14.4. The molecule has 122 valence electrons. The Bertz CT molecular complexity index is 728. The van der Waals surface area contributed by atoms with Gasteiger partial charge in [0.2, 0.25) is 0 Å². The lowest BCUT2D eigenvalue weighted by molar-refractivity contribution is -0.274. The Kier molecular flexibility index (Phi) is 4.55. The molecular formula is C15H10F4O4. The summed E-state index contributed by atoms with van der Waals surface area (Å²) in [4.78, 5) is 10.8. The van der Waals surface area contributed by atoms with E-state index in [1.165, 1.54) is 24.3 Å². The Balaban J connectivity index is 2.56. The highest BCUT2D eigenvalue weighted by molar-refractivity contribution is 5.77. The van der Waals surface area contributed by atoms with Gasteiger partial charge in [-0.1, -0.05) is 36.4 Å². The van der Waals surface area contributed by atoms with Crippen LogP contribution in [-0.4, -0.2) is 22.5 Å². The molecule has 2 aromatic rings. The van der Waals surface area contributed by atoms with Crippen LogP contribution in [-0.2, 0) is 4.79 Å². The summed E-state index contributed by atoms with van der Waals surface area (Å²) in [6, 6.07) is 8.26. The van der Waals surface area contributed by atoms with Crippen LogP contribution in [0.25, 0.3) is 11.1 Å². The Morgan fingerprint density at radius 2 is 1.65 bits per heavy atom. The Morgan fingerprint density at radius 3 is 2.26 bits per heavy atom. The van der Waals surface area contributed by atoms with Crippen molar-refractivity contribution in [3.63, 3.8) is 0 Å². The SMILES string of the molecule is O=C(O)C(O)c1cccc(-c2ccccc2OC(F)(F)F)c1F. The predicted molar refractivity (Wildman–Crippen MR) is 71.1 cm³/mol. The van der Waals surface area contributed by atoms with Gasteiger partial charge in [0.25, 0.3) is 0 Å². The number of rotatable bonds is 4. The van der Waals surface area contributed by atoms with Crippen molar-refractivity contribution in [1.82, 2.24) is 0 Å². The van der Waals surface area contributed by atoms with Crippen LogP contribution in [0.3, 0.4) is 0 Å². The van der Waals surface area contributed by atoms with Crippen molar-refractivity contribution in [2.24, 2.45) is 0 Å². The summed E-state index contributed by atoms with van der Waals surface area (Å²) in [5.74, 6) is -3.46. The van der Waals surface area contributed by atoms with Gasteiger partial charge in [-0.15, -0.1) is 13.2 Å². The molecule has 2 aromatic carbocycles. The van der Waals surface area contributed by atoms with Crippen molar-refractivity contribution in [1.29, 1.82) is 0 Å². The van der Waals surface area contributed by atoms with Crippen molar-refractivity contribution < 1.29 is 37.3 Å². The highest BCUT2D eigenvalue weighted by Crippen LogP contribution is 2.36. The number of hydrogen-bond acceptors (Lipinski definition) is 3. The molecular weight excluding hydrogens is 320 g/mol. The van der Waals surface area contributed by atoms with E-state index in [2.05, 4.69) is 4.74 Å². The van der Waals surface area contributed by atoms with Gasteiger partial charge >= 0.3 is 12.3 Å². The Hall–Kier alpha value is -2.61. The van der Waals surface area contributed by atoms with Crippen LogP contribution < -0.4 is 4.74 Å². The molecule has 0 saturated carbocycles. The van der Waals surface area contributed by atoms with E-state index in [0.717, 1.165) is 18.2 Å². The number of aliphatic carboxylic acids is 1. The van der Waals surface area contributed by atoms with Crippen molar-refractivity contribution in [3.05, 3.63) is 53.8 Å². The molecule has 2 N–H and O–H groups in total. The minimum Gasteiger partial charge on any atom is -0.479 e. The van der Waals surface area contributed by atoms with Gasteiger partial charge in [0.15, 0.2) is 6.10 Å². The van der Waals surface area contributed by atoms with Crippen LogP contribution in [0.5, 0.6) is 5.75 Å². The highest BCUT2D eigenvalue weighted by atomic mass is 19.4. The molecule has 0 aliphatic carbocycles. The molecule has 0 fully saturated rings. The lowest BCUT2D eigenvalue weighted by Crippen LogP contribution is -2.17. The number of halogens is 4. The first kappa shape index (κ1) is 16.8. The van der Waals surface area contributed by atoms with Gasteiger partial charge in [-0.2, -0.15) is 0 Å². The second-order valence-electron chi connectivity index (χ2n) is 4.49. The monoisotopic (exact) mass is 330 g/mol. The summed E-state index contributed by atoms with van der Waals surface area (Å²) in [5, 5.41) is 18.2. The molecule has 0 amide bonds. The summed E-state index contributed by atoms with van der Waals surface area (Å²) in [5.41, 5.74) is -1.10. The normalized spacial score (nSPS) is 12.7. The van der Waals surface area contributed by atoms with E-state index < -0.39 is 35.6 Å². The number of benzene rings is 2. The third-order valence-corrected chi connectivity index (χ3v) is 2.96. The number of carboxylic acid groups (broad SMARTS) is 1. The number of ether oxygens (including phenoxy) is 1. The molecule has 4 nitrogen and oxygen atoms in total. The topological polar surface area (TPSA) is 66.8 Å². The van der Waals surface area contributed by atoms with Gasteiger partial charge in [0.1, 0.15) is 11.6 Å². The molecule has 0 aliphatic heterocycles. The lowest BCUT2D eigenvalue weighted by Gasteiger charge is -2.15. The van der Waals surface area contributed by atoms with E-state index in [1.54, 1.807) is 0 Å². The largest absolute Gasteiger partial charge is 0.573 e. The quantitative estimate of drug-likeness (QED) is 0.842. The van der Waals surface area contributed by atoms with Crippen molar-refractivity contribution in [2.45, 2.75) is 12.5 Å². The number of aliphatic hydroxyl groups excluding tert-OH is 1. The van der Waals surface area contributed by atoms with Crippen LogP contribution in [0.2, 0.25) is 0 Å². The van der Waals surface area contributed by atoms with Crippen LogP contribution in [0.4, 0.5) is 17.6 Å². The van der Waals surface area contributed by atoms with E-state index in [0.29, 0.717) is 0 Å². The number of hydrogen-bond donors (Lipinski definition) is 2. The summed E-state index contributed by atoms with van der Waals surface area (Å²) in [6.45, 7) is 0. The zero-order valence-corrected chi connectivity index (χ0v) is 11.3. The van der Waals surface area contributed by atoms with Crippen LogP contribution in [0.1, 0.15) is 11.7 Å². The number of carbonyl (C=O) groups is 1. The zero-order chi connectivity index (χ0) is 17.2. The fourth-order valence-corrected chi connectivity index (χ4v) is 2.00. The third-order valence-electron chi connectivity index (χ3n) is 2.96. The molecule has 0 bridgehead atoms. The summed E-state index contributed by atoms with van der Waals surface area (Å²) in [6.07, 6.45) is -7.10. The maximum absolute atomic E-state index is 14.4. The van der Waals surface area contributed by atoms with E-state index in [9.17, 15) is 27.5 Å². The maximum Gasteiger partial charge on any atom is 0.573 e. The van der Waals surface area contributed by atoms with Crippen LogP contribution in [0, 0.1) is 5.82 Å². The number of carboxylic acids is 1. The molecule has 1 unspecified atom stereocenters. The Morgan fingerprint density at radius 1 is 1.04 bits per heavy atom. The van der Waals surface area contributed by atoms with Gasteiger partial charge in [-0.05, 0) is 6.07 Å². The molecule has 0 aromatic heterocycles. The molecule has 1 atom stereocenters. The summed E-state index contributed by atoms with van der Waals surface area (Å²) >= 11 is 0. The molecule has 0 saturated heterocycles. The van der Waals surface area contributed by atoms with Crippen LogP contribution in [0.15, 0.2) is 42.5 Å². The first-order valence-electron chi connectivity index (χ1n) is 6.25. The Labute approximate surface area is 127 Å². The standard InChI is InChI=1S/C15H10F4O4/c16-12-9(5-3-6-10(12)13(20)14(21)22)8-4-1-2-7-11(8)23-15(17,18)19/h1-7,13,20H,(H,21,22).